The number of carbonyl (C=O) groups excluding carboxylic acids is 1. The summed E-state index contributed by atoms with van der Waals surface area (Å²) in [6.45, 7) is 10.2. The Bertz CT molecular complexity index is 933. The number of allylic oxidation sites excluding steroid dienone is 3. The van der Waals surface area contributed by atoms with Gasteiger partial charge in [0.25, 0.3) is 0 Å². The van der Waals surface area contributed by atoms with E-state index >= 15 is 0 Å². The molecule has 2 N–H and O–H groups in total. The largest absolute Gasteiger partial charge is 0.490 e. The van der Waals surface area contributed by atoms with Crippen LogP contribution in [0.5, 0.6) is 11.5 Å². The Hall–Kier alpha value is -3.40. The van der Waals surface area contributed by atoms with Crippen LogP contribution >= 0.6 is 0 Å². The van der Waals surface area contributed by atoms with E-state index in [1.807, 2.05) is 26.8 Å². The molecule has 0 bridgehead atoms. The number of rotatable bonds is 8. The van der Waals surface area contributed by atoms with Crippen molar-refractivity contribution in [1.29, 1.82) is 5.26 Å². The molecule has 1 atom stereocenters. The van der Waals surface area contributed by atoms with Crippen molar-refractivity contribution in [3.8, 4) is 17.6 Å². The van der Waals surface area contributed by atoms with Gasteiger partial charge >= 0.3 is 5.97 Å². The molecule has 7 nitrogen and oxygen atoms in total. The van der Waals surface area contributed by atoms with Crippen LogP contribution < -0.4 is 15.2 Å². The molecule has 0 amide bonds. The molecule has 1 heterocycles. The Morgan fingerprint density at radius 1 is 1.23 bits per heavy atom. The smallest absolute Gasteiger partial charge is 0.338 e. The van der Waals surface area contributed by atoms with Gasteiger partial charge in [-0.1, -0.05) is 11.6 Å². The molecule has 1 unspecified atom stereocenters. The summed E-state index contributed by atoms with van der Waals surface area (Å²) in [5.41, 5.74) is 8.13. The number of esters is 1. The Morgan fingerprint density at radius 3 is 2.57 bits per heavy atom. The van der Waals surface area contributed by atoms with Crippen LogP contribution in [-0.4, -0.2) is 25.8 Å². The van der Waals surface area contributed by atoms with Crippen molar-refractivity contribution < 1.29 is 23.7 Å². The Kier molecular flexibility index (Phi) is 7.93. The van der Waals surface area contributed by atoms with Gasteiger partial charge in [-0.05, 0) is 58.4 Å². The quantitative estimate of drug-likeness (QED) is 0.507. The minimum Gasteiger partial charge on any atom is -0.490 e. The average molecular weight is 412 g/mol. The lowest BCUT2D eigenvalue weighted by atomic mass is 9.83. The third-order valence-electron chi connectivity index (χ3n) is 4.43. The van der Waals surface area contributed by atoms with Crippen molar-refractivity contribution in [3.05, 3.63) is 58.2 Å². The van der Waals surface area contributed by atoms with Crippen molar-refractivity contribution in [2.24, 2.45) is 5.73 Å². The number of nitriles is 1. The Labute approximate surface area is 177 Å². The molecule has 0 radical (unpaired) electrons. The third-order valence-corrected chi connectivity index (χ3v) is 4.43. The first-order valence-corrected chi connectivity index (χ1v) is 9.82. The second-order valence-electron chi connectivity index (χ2n) is 6.85. The van der Waals surface area contributed by atoms with Gasteiger partial charge in [0.05, 0.1) is 24.7 Å². The van der Waals surface area contributed by atoms with E-state index in [9.17, 15) is 10.1 Å². The summed E-state index contributed by atoms with van der Waals surface area (Å²) in [6.07, 6.45) is 1.96. The number of benzene rings is 1. The van der Waals surface area contributed by atoms with Crippen molar-refractivity contribution in [3.63, 3.8) is 0 Å². The molecule has 0 aliphatic carbocycles. The molecule has 1 aromatic rings. The van der Waals surface area contributed by atoms with Crippen LogP contribution in [0.1, 0.15) is 46.1 Å². The zero-order valence-electron chi connectivity index (χ0n) is 18.1. The molecule has 160 valence electrons. The van der Waals surface area contributed by atoms with E-state index in [0.717, 1.165) is 5.57 Å². The van der Waals surface area contributed by atoms with Crippen LogP contribution in [0, 0.1) is 11.3 Å². The number of hydrogen-bond donors (Lipinski definition) is 1. The maximum Gasteiger partial charge on any atom is 0.338 e. The number of ether oxygens (including phenoxy) is 4. The predicted octanol–water partition coefficient (Wildman–Crippen LogP) is 4.08. The molecule has 30 heavy (non-hydrogen) atoms. The molecule has 1 aromatic carbocycles. The average Bonchev–Trinajstić information content (AvgIpc) is 2.68. The summed E-state index contributed by atoms with van der Waals surface area (Å²) >= 11 is 0. The van der Waals surface area contributed by atoms with E-state index in [-0.39, 0.29) is 23.6 Å². The normalized spacial score (nSPS) is 15.8. The zero-order chi connectivity index (χ0) is 22.3. The lowest BCUT2D eigenvalue weighted by Gasteiger charge is -2.27. The van der Waals surface area contributed by atoms with Crippen molar-refractivity contribution in [1.82, 2.24) is 0 Å². The standard InChI is InChI=1S/C23H28N2O5/c1-6-27-19-12-16(8-9-18(19)29-11-10-14(3)4)21-17(13-24)22(25)30-15(5)20(21)23(26)28-7-2/h8-10,12,21H,6-7,11,25H2,1-5H3. The summed E-state index contributed by atoms with van der Waals surface area (Å²) < 4.78 is 22.2. The summed E-state index contributed by atoms with van der Waals surface area (Å²) in [7, 11) is 0. The fourth-order valence-electron chi connectivity index (χ4n) is 3.08. The molecule has 0 spiro atoms. The molecular formula is C23H28N2O5. The van der Waals surface area contributed by atoms with Gasteiger partial charge in [0.1, 0.15) is 24.0 Å². The van der Waals surface area contributed by atoms with Crippen molar-refractivity contribution in [2.75, 3.05) is 19.8 Å². The molecule has 7 heteroatoms. The highest BCUT2D eigenvalue weighted by molar-refractivity contribution is 5.92. The van der Waals surface area contributed by atoms with E-state index in [2.05, 4.69) is 6.07 Å². The molecule has 0 aromatic heterocycles. The molecular weight excluding hydrogens is 384 g/mol. The monoisotopic (exact) mass is 412 g/mol. The molecule has 0 saturated heterocycles. The summed E-state index contributed by atoms with van der Waals surface area (Å²) in [5.74, 6) is 0.0713. The van der Waals surface area contributed by atoms with E-state index < -0.39 is 11.9 Å². The number of hydrogen-bond acceptors (Lipinski definition) is 7. The number of nitrogens with zero attached hydrogens (tertiary/aromatic N) is 1. The van der Waals surface area contributed by atoms with Crippen LogP contribution in [0.2, 0.25) is 0 Å². The Balaban J connectivity index is 2.54. The van der Waals surface area contributed by atoms with E-state index in [1.54, 1.807) is 32.0 Å². The summed E-state index contributed by atoms with van der Waals surface area (Å²) in [5, 5.41) is 9.70. The van der Waals surface area contributed by atoms with Gasteiger partial charge in [-0.25, -0.2) is 4.79 Å². The second-order valence-corrected chi connectivity index (χ2v) is 6.85. The van der Waals surface area contributed by atoms with Crippen LogP contribution in [-0.2, 0) is 14.3 Å². The summed E-state index contributed by atoms with van der Waals surface area (Å²) in [4.78, 5) is 12.6. The van der Waals surface area contributed by atoms with Crippen LogP contribution in [0.4, 0.5) is 0 Å². The lowest BCUT2D eigenvalue weighted by Crippen LogP contribution is -2.25. The third kappa shape index (κ3) is 5.15. The Morgan fingerprint density at radius 2 is 1.97 bits per heavy atom. The number of nitrogens with two attached hydrogens (primary N) is 1. The fourth-order valence-corrected chi connectivity index (χ4v) is 3.08. The molecule has 0 saturated carbocycles. The highest BCUT2D eigenvalue weighted by Crippen LogP contribution is 2.42. The minimum atomic E-state index is -0.728. The van der Waals surface area contributed by atoms with Gasteiger partial charge in [-0.2, -0.15) is 5.26 Å². The highest BCUT2D eigenvalue weighted by atomic mass is 16.5. The van der Waals surface area contributed by atoms with Gasteiger partial charge in [-0.3, -0.25) is 0 Å². The van der Waals surface area contributed by atoms with Crippen molar-refractivity contribution >= 4 is 5.97 Å². The van der Waals surface area contributed by atoms with Gasteiger partial charge < -0.3 is 24.7 Å². The van der Waals surface area contributed by atoms with E-state index in [0.29, 0.717) is 36.0 Å². The van der Waals surface area contributed by atoms with E-state index in [4.69, 9.17) is 24.7 Å². The fraction of sp³-hybridized carbons (Fsp3) is 0.391. The van der Waals surface area contributed by atoms with Crippen LogP contribution in [0.15, 0.2) is 52.6 Å². The maximum absolute atomic E-state index is 12.6. The van der Waals surface area contributed by atoms with Crippen molar-refractivity contribution in [2.45, 2.75) is 40.5 Å². The minimum absolute atomic E-state index is 0.0325. The first-order valence-electron chi connectivity index (χ1n) is 9.82. The van der Waals surface area contributed by atoms with Gasteiger partial charge in [0.2, 0.25) is 5.88 Å². The summed E-state index contributed by atoms with van der Waals surface area (Å²) in [6, 6.07) is 7.38. The van der Waals surface area contributed by atoms with Gasteiger partial charge in [0, 0.05) is 0 Å². The molecule has 1 aliphatic rings. The maximum atomic E-state index is 12.6. The zero-order valence-corrected chi connectivity index (χ0v) is 18.1. The van der Waals surface area contributed by atoms with E-state index in [1.165, 1.54) is 0 Å². The van der Waals surface area contributed by atoms with Gasteiger partial charge in [-0.15, -0.1) is 0 Å². The van der Waals surface area contributed by atoms with Gasteiger partial charge in [0.15, 0.2) is 11.5 Å². The second kappa shape index (κ2) is 10.4. The van der Waals surface area contributed by atoms with Crippen LogP contribution in [0.3, 0.4) is 0 Å². The number of carbonyl (C=O) groups is 1. The topological polar surface area (TPSA) is 104 Å². The highest BCUT2D eigenvalue weighted by Gasteiger charge is 2.36. The lowest BCUT2D eigenvalue weighted by molar-refractivity contribution is -0.139. The first-order chi connectivity index (χ1) is 14.3. The first kappa shape index (κ1) is 22.9. The SMILES string of the molecule is CCOC(=O)C1=C(C)OC(N)=C(C#N)C1c1ccc(OCC=C(C)C)c(OCC)c1. The molecule has 2 rings (SSSR count). The predicted molar refractivity (Wildman–Crippen MR) is 113 cm³/mol. The molecule has 0 fully saturated rings. The van der Waals surface area contributed by atoms with Crippen LogP contribution in [0.25, 0.3) is 0 Å². The molecule has 1 aliphatic heterocycles.